The van der Waals surface area contributed by atoms with Crippen molar-refractivity contribution in [1.29, 1.82) is 0 Å². The number of allylic oxidation sites excluding steroid dienone is 2. The van der Waals surface area contributed by atoms with Gasteiger partial charge in [-0.25, -0.2) is 0 Å². The van der Waals surface area contributed by atoms with E-state index in [-0.39, 0.29) is 18.0 Å². The highest BCUT2D eigenvalue weighted by Gasteiger charge is 2.48. The maximum absolute atomic E-state index is 11.8. The van der Waals surface area contributed by atoms with Gasteiger partial charge in [-0.05, 0) is 19.1 Å². The third kappa shape index (κ3) is 1.39. The molecule has 1 saturated heterocycles. The maximum Gasteiger partial charge on any atom is 0.309 e. The molecule has 3 atom stereocenters. The Bertz CT molecular complexity index is 499. The van der Waals surface area contributed by atoms with Crippen LogP contribution in [0.5, 0.6) is 0 Å². The van der Waals surface area contributed by atoms with Crippen molar-refractivity contribution in [3.63, 3.8) is 0 Å². The number of fused-ring (bicyclic) bond motifs is 2. The monoisotopic (exact) mass is 234 g/mol. The Hall–Kier alpha value is -1.75. The summed E-state index contributed by atoms with van der Waals surface area (Å²) in [5.74, 6) is -0.899. The summed E-state index contributed by atoms with van der Waals surface area (Å²) in [4.78, 5) is 34.8. The van der Waals surface area contributed by atoms with Crippen LogP contribution in [0.2, 0.25) is 0 Å². The topological polar surface area (TPSA) is 69.7 Å². The van der Waals surface area contributed by atoms with Gasteiger partial charge < -0.3 is 9.47 Å². The van der Waals surface area contributed by atoms with E-state index in [1.165, 1.54) is 12.2 Å². The third-order valence-electron chi connectivity index (χ3n) is 3.24. The number of ketones is 2. The predicted molar refractivity (Wildman–Crippen MR) is 55.0 cm³/mol. The maximum atomic E-state index is 11.8. The van der Waals surface area contributed by atoms with E-state index in [9.17, 15) is 14.4 Å². The second kappa shape index (κ2) is 3.37. The smallest absolute Gasteiger partial charge is 0.309 e. The molecule has 0 spiro atoms. The first-order valence-electron chi connectivity index (χ1n) is 5.43. The standard InChI is InChI=1S/C12H10O5/c1-5-10-6(13)2-3-7(14)11(10)12-8(16-5)4-9(15)17-12/h2-3,5,8,12H,4H2,1H3/t5-,8-,12+/m1/s1. The first-order valence-corrected chi connectivity index (χ1v) is 5.43. The van der Waals surface area contributed by atoms with Crippen LogP contribution in [-0.2, 0) is 23.9 Å². The fourth-order valence-electron chi connectivity index (χ4n) is 2.54. The van der Waals surface area contributed by atoms with Gasteiger partial charge in [0.2, 0.25) is 0 Å². The molecule has 5 heteroatoms. The van der Waals surface area contributed by atoms with Gasteiger partial charge in [-0.2, -0.15) is 0 Å². The van der Waals surface area contributed by atoms with Gasteiger partial charge in [0.15, 0.2) is 17.7 Å². The molecule has 0 unspecified atom stereocenters. The average molecular weight is 234 g/mol. The molecule has 0 saturated carbocycles. The third-order valence-corrected chi connectivity index (χ3v) is 3.24. The van der Waals surface area contributed by atoms with Crippen LogP contribution in [0.15, 0.2) is 23.3 Å². The van der Waals surface area contributed by atoms with Crippen molar-refractivity contribution in [1.82, 2.24) is 0 Å². The van der Waals surface area contributed by atoms with Gasteiger partial charge in [0.25, 0.3) is 0 Å². The fourth-order valence-corrected chi connectivity index (χ4v) is 2.54. The SMILES string of the molecule is C[C@H]1O[C@@H]2CC(=O)O[C@@H]2C2=C1C(=O)C=CC2=O. The van der Waals surface area contributed by atoms with Crippen molar-refractivity contribution >= 4 is 17.5 Å². The number of rotatable bonds is 0. The van der Waals surface area contributed by atoms with Crippen molar-refractivity contribution in [2.24, 2.45) is 0 Å². The van der Waals surface area contributed by atoms with Crippen molar-refractivity contribution in [3.8, 4) is 0 Å². The Balaban J connectivity index is 2.12. The van der Waals surface area contributed by atoms with Crippen LogP contribution in [0, 0.1) is 0 Å². The molecule has 1 aliphatic carbocycles. The van der Waals surface area contributed by atoms with E-state index in [4.69, 9.17) is 9.47 Å². The minimum absolute atomic E-state index is 0.136. The number of ether oxygens (including phenoxy) is 2. The molecule has 2 heterocycles. The lowest BCUT2D eigenvalue weighted by Gasteiger charge is -2.32. The molecule has 17 heavy (non-hydrogen) atoms. The lowest BCUT2D eigenvalue weighted by molar-refractivity contribution is -0.141. The average Bonchev–Trinajstić information content (AvgIpc) is 2.62. The van der Waals surface area contributed by atoms with Crippen molar-refractivity contribution < 1.29 is 23.9 Å². The molecule has 2 aliphatic heterocycles. The molecular weight excluding hydrogens is 224 g/mol. The van der Waals surface area contributed by atoms with Crippen LogP contribution < -0.4 is 0 Å². The van der Waals surface area contributed by atoms with Crippen molar-refractivity contribution in [2.75, 3.05) is 0 Å². The zero-order chi connectivity index (χ0) is 12.2. The van der Waals surface area contributed by atoms with Gasteiger partial charge in [0.1, 0.15) is 6.10 Å². The van der Waals surface area contributed by atoms with Gasteiger partial charge in [0, 0.05) is 5.57 Å². The van der Waals surface area contributed by atoms with Gasteiger partial charge in [-0.1, -0.05) is 0 Å². The Morgan fingerprint density at radius 1 is 1.12 bits per heavy atom. The summed E-state index contributed by atoms with van der Waals surface area (Å²) in [5, 5.41) is 0. The molecule has 0 radical (unpaired) electrons. The normalized spacial score (nSPS) is 35.8. The summed E-state index contributed by atoms with van der Waals surface area (Å²) in [5.41, 5.74) is 0.626. The quantitative estimate of drug-likeness (QED) is 0.439. The molecule has 3 aliphatic rings. The van der Waals surface area contributed by atoms with E-state index in [0.717, 1.165) is 0 Å². The molecule has 1 fully saturated rings. The van der Waals surface area contributed by atoms with Crippen molar-refractivity contribution in [2.45, 2.75) is 31.7 Å². The van der Waals surface area contributed by atoms with Crippen LogP contribution in [0.1, 0.15) is 13.3 Å². The highest BCUT2D eigenvalue weighted by Crippen LogP contribution is 2.36. The second-order valence-corrected chi connectivity index (χ2v) is 4.32. The van der Waals surface area contributed by atoms with Crippen LogP contribution in [-0.4, -0.2) is 35.8 Å². The predicted octanol–water partition coefficient (Wildman–Crippen LogP) is 0.0938. The van der Waals surface area contributed by atoms with E-state index < -0.39 is 24.3 Å². The van der Waals surface area contributed by atoms with Crippen molar-refractivity contribution in [3.05, 3.63) is 23.3 Å². The zero-order valence-electron chi connectivity index (χ0n) is 9.14. The van der Waals surface area contributed by atoms with Gasteiger partial charge in [0.05, 0.1) is 18.1 Å². The zero-order valence-corrected chi connectivity index (χ0v) is 9.14. The number of carbonyl (C=O) groups excluding carboxylic acids is 3. The second-order valence-electron chi connectivity index (χ2n) is 4.32. The summed E-state index contributed by atoms with van der Waals surface area (Å²) < 4.78 is 10.6. The van der Waals surface area contributed by atoms with E-state index in [1.807, 2.05) is 0 Å². The molecule has 5 nitrogen and oxygen atoms in total. The van der Waals surface area contributed by atoms with Crippen LogP contribution >= 0.6 is 0 Å². The minimum Gasteiger partial charge on any atom is -0.454 e. The number of esters is 1. The minimum atomic E-state index is -0.713. The summed E-state index contributed by atoms with van der Waals surface area (Å²) in [6, 6.07) is 0. The Morgan fingerprint density at radius 3 is 2.47 bits per heavy atom. The molecule has 0 aromatic heterocycles. The number of hydrogen-bond donors (Lipinski definition) is 0. The molecule has 0 aromatic rings. The van der Waals surface area contributed by atoms with E-state index in [1.54, 1.807) is 6.92 Å². The molecule has 0 N–H and O–H groups in total. The molecule has 0 bridgehead atoms. The summed E-state index contributed by atoms with van der Waals surface area (Å²) >= 11 is 0. The lowest BCUT2D eigenvalue weighted by Crippen LogP contribution is -2.42. The van der Waals surface area contributed by atoms with E-state index >= 15 is 0 Å². The number of hydrogen-bond acceptors (Lipinski definition) is 5. The Kier molecular flexibility index (Phi) is 2.06. The highest BCUT2D eigenvalue weighted by molar-refractivity contribution is 6.21. The molecule has 3 rings (SSSR count). The molecule has 0 amide bonds. The Labute approximate surface area is 97.1 Å². The first kappa shape index (κ1) is 10.4. The van der Waals surface area contributed by atoms with Gasteiger partial charge in [-0.3, -0.25) is 14.4 Å². The van der Waals surface area contributed by atoms with Crippen LogP contribution in [0.4, 0.5) is 0 Å². The molecule has 88 valence electrons. The lowest BCUT2D eigenvalue weighted by atomic mass is 9.84. The van der Waals surface area contributed by atoms with Gasteiger partial charge in [-0.15, -0.1) is 0 Å². The first-order chi connectivity index (χ1) is 8.08. The van der Waals surface area contributed by atoms with Gasteiger partial charge >= 0.3 is 5.97 Å². The van der Waals surface area contributed by atoms with Crippen LogP contribution in [0.25, 0.3) is 0 Å². The summed E-state index contributed by atoms with van der Waals surface area (Å²) in [6.45, 7) is 1.71. The highest BCUT2D eigenvalue weighted by atomic mass is 16.6. The summed E-state index contributed by atoms with van der Waals surface area (Å²) in [7, 11) is 0. The largest absolute Gasteiger partial charge is 0.454 e. The Morgan fingerprint density at radius 2 is 1.76 bits per heavy atom. The molecular formula is C12H10O5. The summed E-state index contributed by atoms with van der Waals surface area (Å²) in [6.07, 6.45) is 0.967. The fraction of sp³-hybridized carbons (Fsp3) is 0.417. The number of carbonyl (C=O) groups is 3. The molecule has 0 aromatic carbocycles. The van der Waals surface area contributed by atoms with E-state index in [0.29, 0.717) is 11.1 Å². The van der Waals surface area contributed by atoms with Crippen LogP contribution in [0.3, 0.4) is 0 Å². The van der Waals surface area contributed by atoms with E-state index in [2.05, 4.69) is 0 Å².